The summed E-state index contributed by atoms with van der Waals surface area (Å²) in [4.78, 5) is 12.3. The third-order valence-corrected chi connectivity index (χ3v) is 5.10. The maximum atomic E-state index is 12.3. The Balaban J connectivity index is 1.38. The average molecular weight is 341 g/mol. The van der Waals surface area contributed by atoms with Gasteiger partial charge in [0.1, 0.15) is 5.75 Å². The summed E-state index contributed by atoms with van der Waals surface area (Å²) < 4.78 is 5.87. The normalized spacial score (nSPS) is 20.2. The van der Waals surface area contributed by atoms with Crippen molar-refractivity contribution >= 4 is 5.91 Å². The first kappa shape index (κ1) is 17.5. The lowest BCUT2D eigenvalue weighted by Gasteiger charge is -2.28. The van der Waals surface area contributed by atoms with Crippen molar-refractivity contribution < 1.29 is 9.53 Å². The van der Waals surface area contributed by atoms with Crippen LogP contribution in [0, 0.1) is 25.7 Å². The number of aromatic amines is 1. The molecule has 1 aromatic heterocycles. The van der Waals surface area contributed by atoms with Crippen molar-refractivity contribution in [3.8, 4) is 5.75 Å². The molecule has 0 spiro atoms. The molecule has 1 heterocycles. The van der Waals surface area contributed by atoms with Crippen molar-refractivity contribution in [1.82, 2.24) is 15.5 Å². The van der Waals surface area contributed by atoms with E-state index in [2.05, 4.69) is 15.5 Å². The summed E-state index contributed by atoms with van der Waals surface area (Å²) in [5.74, 6) is 2.11. The maximum Gasteiger partial charge on any atom is 0.255 e. The molecule has 25 heavy (non-hydrogen) atoms. The first-order valence-corrected chi connectivity index (χ1v) is 9.11. The first-order chi connectivity index (χ1) is 12.1. The van der Waals surface area contributed by atoms with E-state index in [-0.39, 0.29) is 5.91 Å². The SMILES string of the molecule is Cc1n[nH]c(C)c1C(=O)NCC1CCC(COc2ccccc2)CC1. The molecule has 0 saturated heterocycles. The zero-order valence-electron chi connectivity index (χ0n) is 15.0. The molecule has 1 aliphatic rings. The molecule has 134 valence electrons. The van der Waals surface area contributed by atoms with Gasteiger partial charge in [-0.15, -0.1) is 0 Å². The number of nitrogens with one attached hydrogen (secondary N) is 2. The number of aryl methyl sites for hydroxylation is 2. The molecule has 0 atom stereocenters. The summed E-state index contributed by atoms with van der Waals surface area (Å²) in [7, 11) is 0. The van der Waals surface area contributed by atoms with Crippen LogP contribution in [-0.4, -0.2) is 29.3 Å². The van der Waals surface area contributed by atoms with Crippen LogP contribution in [0.3, 0.4) is 0 Å². The van der Waals surface area contributed by atoms with Crippen LogP contribution < -0.4 is 10.1 Å². The van der Waals surface area contributed by atoms with E-state index in [0.717, 1.165) is 56.0 Å². The van der Waals surface area contributed by atoms with Gasteiger partial charge in [0, 0.05) is 12.2 Å². The van der Waals surface area contributed by atoms with Crippen molar-refractivity contribution in [1.29, 1.82) is 0 Å². The standard InChI is InChI=1S/C20H27N3O2/c1-14-19(15(2)23-22-14)20(24)21-12-16-8-10-17(11-9-16)13-25-18-6-4-3-5-7-18/h3-7,16-17H,8-13H2,1-2H3,(H,21,24)(H,22,23). The van der Waals surface area contributed by atoms with Crippen LogP contribution in [0.2, 0.25) is 0 Å². The number of H-pyrrole nitrogens is 1. The molecule has 0 bridgehead atoms. The lowest BCUT2D eigenvalue weighted by Crippen LogP contribution is -2.32. The van der Waals surface area contributed by atoms with Gasteiger partial charge in [0.05, 0.1) is 17.9 Å². The Labute approximate surface area is 149 Å². The highest BCUT2D eigenvalue weighted by Gasteiger charge is 2.23. The molecule has 0 radical (unpaired) electrons. The molecular formula is C20H27N3O2. The number of carbonyl (C=O) groups is 1. The minimum absolute atomic E-state index is 0.0155. The van der Waals surface area contributed by atoms with Crippen LogP contribution in [0.15, 0.2) is 30.3 Å². The zero-order valence-corrected chi connectivity index (χ0v) is 15.0. The largest absolute Gasteiger partial charge is 0.493 e. The molecule has 1 fully saturated rings. The van der Waals surface area contributed by atoms with Gasteiger partial charge in [0.25, 0.3) is 5.91 Å². The smallest absolute Gasteiger partial charge is 0.255 e. The van der Waals surface area contributed by atoms with Crippen molar-refractivity contribution in [3.63, 3.8) is 0 Å². The first-order valence-electron chi connectivity index (χ1n) is 9.11. The number of aromatic nitrogens is 2. The summed E-state index contributed by atoms with van der Waals surface area (Å²) >= 11 is 0. The van der Waals surface area contributed by atoms with E-state index in [1.165, 1.54) is 0 Å². The molecule has 1 amide bonds. The number of hydrogen-bond donors (Lipinski definition) is 2. The molecule has 2 N–H and O–H groups in total. The van der Waals surface area contributed by atoms with Gasteiger partial charge in [-0.1, -0.05) is 18.2 Å². The fraction of sp³-hybridized carbons (Fsp3) is 0.500. The van der Waals surface area contributed by atoms with Crippen molar-refractivity contribution in [2.24, 2.45) is 11.8 Å². The summed E-state index contributed by atoms with van der Waals surface area (Å²) in [5.41, 5.74) is 2.28. The Morgan fingerprint density at radius 1 is 1.16 bits per heavy atom. The van der Waals surface area contributed by atoms with Gasteiger partial charge in [0.2, 0.25) is 0 Å². The minimum atomic E-state index is -0.0155. The number of hydrogen-bond acceptors (Lipinski definition) is 3. The van der Waals surface area contributed by atoms with Gasteiger partial charge in [-0.05, 0) is 63.5 Å². The summed E-state index contributed by atoms with van der Waals surface area (Å²) in [6.45, 7) is 5.27. The Hall–Kier alpha value is -2.30. The van der Waals surface area contributed by atoms with Crippen LogP contribution in [-0.2, 0) is 0 Å². The van der Waals surface area contributed by atoms with Gasteiger partial charge in [-0.25, -0.2) is 0 Å². The number of rotatable bonds is 6. The van der Waals surface area contributed by atoms with Crippen LogP contribution >= 0.6 is 0 Å². The number of benzene rings is 1. The number of nitrogens with zero attached hydrogens (tertiary/aromatic N) is 1. The van der Waals surface area contributed by atoms with E-state index in [0.29, 0.717) is 17.4 Å². The zero-order chi connectivity index (χ0) is 17.6. The summed E-state index contributed by atoms with van der Waals surface area (Å²) in [5, 5.41) is 10.0. The molecule has 2 aromatic rings. The van der Waals surface area contributed by atoms with E-state index >= 15 is 0 Å². The maximum absolute atomic E-state index is 12.3. The lowest BCUT2D eigenvalue weighted by molar-refractivity contribution is 0.0937. The lowest BCUT2D eigenvalue weighted by atomic mass is 9.82. The second kappa shape index (κ2) is 8.19. The van der Waals surface area contributed by atoms with Crippen LogP contribution in [0.4, 0.5) is 0 Å². The van der Waals surface area contributed by atoms with E-state index in [4.69, 9.17) is 4.74 Å². The molecule has 5 nitrogen and oxygen atoms in total. The van der Waals surface area contributed by atoms with Crippen molar-refractivity contribution in [2.75, 3.05) is 13.2 Å². The Morgan fingerprint density at radius 2 is 1.84 bits per heavy atom. The second-order valence-electron chi connectivity index (χ2n) is 7.03. The number of para-hydroxylation sites is 1. The third-order valence-electron chi connectivity index (χ3n) is 5.10. The topological polar surface area (TPSA) is 67.0 Å². The van der Waals surface area contributed by atoms with Crippen molar-refractivity contribution in [2.45, 2.75) is 39.5 Å². The van der Waals surface area contributed by atoms with Gasteiger partial charge in [-0.2, -0.15) is 5.10 Å². The predicted molar refractivity (Wildman–Crippen MR) is 97.8 cm³/mol. The van der Waals surface area contributed by atoms with Crippen molar-refractivity contribution in [3.05, 3.63) is 47.3 Å². The Kier molecular flexibility index (Phi) is 5.74. The molecule has 1 saturated carbocycles. The molecule has 1 aromatic carbocycles. The molecule has 0 aliphatic heterocycles. The molecule has 0 unspecified atom stereocenters. The number of amides is 1. The molecule has 3 rings (SSSR count). The van der Waals surface area contributed by atoms with Crippen LogP contribution in [0.5, 0.6) is 5.75 Å². The Morgan fingerprint density at radius 3 is 2.48 bits per heavy atom. The monoisotopic (exact) mass is 341 g/mol. The predicted octanol–water partition coefficient (Wildman–Crippen LogP) is 3.64. The van der Waals surface area contributed by atoms with Gasteiger partial charge < -0.3 is 10.1 Å². The number of ether oxygens (including phenoxy) is 1. The van der Waals surface area contributed by atoms with Crippen LogP contribution in [0.25, 0.3) is 0 Å². The number of carbonyl (C=O) groups excluding carboxylic acids is 1. The summed E-state index contributed by atoms with van der Waals surface area (Å²) in [6.07, 6.45) is 4.62. The fourth-order valence-corrected chi connectivity index (χ4v) is 3.54. The molecule has 1 aliphatic carbocycles. The van der Waals surface area contributed by atoms with E-state index < -0.39 is 0 Å². The quantitative estimate of drug-likeness (QED) is 0.843. The highest BCUT2D eigenvalue weighted by molar-refractivity contribution is 5.96. The average Bonchev–Trinajstić information content (AvgIpc) is 2.98. The van der Waals surface area contributed by atoms with Gasteiger partial charge >= 0.3 is 0 Å². The van der Waals surface area contributed by atoms with E-state index in [1.54, 1.807) is 0 Å². The van der Waals surface area contributed by atoms with Gasteiger partial charge in [0.15, 0.2) is 0 Å². The highest BCUT2D eigenvalue weighted by Crippen LogP contribution is 2.29. The van der Waals surface area contributed by atoms with E-state index in [9.17, 15) is 4.79 Å². The highest BCUT2D eigenvalue weighted by atomic mass is 16.5. The Bertz CT molecular complexity index is 669. The minimum Gasteiger partial charge on any atom is -0.493 e. The molecular weight excluding hydrogens is 314 g/mol. The third kappa shape index (κ3) is 4.62. The van der Waals surface area contributed by atoms with Crippen LogP contribution in [0.1, 0.15) is 47.4 Å². The van der Waals surface area contributed by atoms with E-state index in [1.807, 2.05) is 44.2 Å². The summed E-state index contributed by atoms with van der Waals surface area (Å²) in [6, 6.07) is 10.00. The molecule has 5 heteroatoms. The second-order valence-corrected chi connectivity index (χ2v) is 7.03. The fourth-order valence-electron chi connectivity index (χ4n) is 3.54. The van der Waals surface area contributed by atoms with Gasteiger partial charge in [-0.3, -0.25) is 9.89 Å².